The Labute approximate surface area is 164 Å². The van der Waals surface area contributed by atoms with Crippen molar-refractivity contribution >= 4 is 21.6 Å². The van der Waals surface area contributed by atoms with E-state index in [1.807, 2.05) is 6.07 Å². The molecule has 9 heteroatoms. The van der Waals surface area contributed by atoms with E-state index in [-0.39, 0.29) is 10.6 Å². The number of hydrogen-bond donors (Lipinski definition) is 1. The van der Waals surface area contributed by atoms with Crippen LogP contribution in [0, 0.1) is 11.3 Å². The SMILES string of the molecule is COc1ccc(S(=O)(=O)N(C)C)cc1NC(=O)C(C)Oc1cccc(C#N)c1. The molecule has 1 unspecified atom stereocenters. The minimum absolute atomic E-state index is 0.0175. The number of carbonyl (C=O) groups excluding carboxylic acids is 1. The molecular weight excluding hydrogens is 382 g/mol. The van der Waals surface area contributed by atoms with Gasteiger partial charge < -0.3 is 14.8 Å². The van der Waals surface area contributed by atoms with Gasteiger partial charge in [0, 0.05) is 14.1 Å². The van der Waals surface area contributed by atoms with Crippen LogP contribution in [-0.2, 0) is 14.8 Å². The van der Waals surface area contributed by atoms with Crippen LogP contribution in [0.5, 0.6) is 11.5 Å². The summed E-state index contributed by atoms with van der Waals surface area (Å²) in [5.74, 6) is 0.183. The van der Waals surface area contributed by atoms with Crippen LogP contribution in [0.3, 0.4) is 0 Å². The van der Waals surface area contributed by atoms with E-state index in [2.05, 4.69) is 5.32 Å². The molecule has 1 atom stereocenters. The second-order valence-electron chi connectivity index (χ2n) is 6.04. The summed E-state index contributed by atoms with van der Waals surface area (Å²) in [6, 6.07) is 12.6. The number of nitriles is 1. The summed E-state index contributed by atoms with van der Waals surface area (Å²) in [7, 11) is 0.583. The van der Waals surface area contributed by atoms with Gasteiger partial charge in [0.25, 0.3) is 5.91 Å². The molecule has 0 aromatic heterocycles. The normalized spacial score (nSPS) is 12.1. The maximum atomic E-state index is 12.5. The zero-order valence-electron chi connectivity index (χ0n) is 16.0. The number of hydrogen-bond acceptors (Lipinski definition) is 6. The molecule has 0 radical (unpaired) electrons. The Hall–Kier alpha value is -3.09. The lowest BCUT2D eigenvalue weighted by molar-refractivity contribution is -0.122. The fourth-order valence-electron chi connectivity index (χ4n) is 2.29. The Bertz CT molecular complexity index is 1010. The Morgan fingerprint density at radius 2 is 1.93 bits per heavy atom. The summed E-state index contributed by atoms with van der Waals surface area (Å²) in [4.78, 5) is 12.5. The number of nitrogens with one attached hydrogen (secondary N) is 1. The van der Waals surface area contributed by atoms with Crippen LogP contribution in [0.15, 0.2) is 47.4 Å². The van der Waals surface area contributed by atoms with Crippen molar-refractivity contribution in [2.45, 2.75) is 17.9 Å². The number of benzene rings is 2. The van der Waals surface area contributed by atoms with E-state index in [0.717, 1.165) is 4.31 Å². The Morgan fingerprint density at radius 3 is 2.54 bits per heavy atom. The van der Waals surface area contributed by atoms with E-state index in [0.29, 0.717) is 17.1 Å². The van der Waals surface area contributed by atoms with Crippen molar-refractivity contribution in [3.63, 3.8) is 0 Å². The zero-order chi connectivity index (χ0) is 20.9. The zero-order valence-corrected chi connectivity index (χ0v) is 16.8. The van der Waals surface area contributed by atoms with Crippen LogP contribution in [0.1, 0.15) is 12.5 Å². The van der Waals surface area contributed by atoms with E-state index in [1.54, 1.807) is 25.1 Å². The highest BCUT2D eigenvalue weighted by atomic mass is 32.2. The second-order valence-corrected chi connectivity index (χ2v) is 8.19. The predicted octanol–water partition coefficient (Wildman–Crippen LogP) is 2.22. The number of carbonyl (C=O) groups is 1. The third-order valence-corrected chi connectivity index (χ3v) is 5.66. The number of rotatable bonds is 7. The van der Waals surface area contributed by atoms with Crippen LogP contribution < -0.4 is 14.8 Å². The molecule has 2 rings (SSSR count). The molecule has 2 aromatic carbocycles. The fraction of sp³-hybridized carbons (Fsp3) is 0.263. The van der Waals surface area contributed by atoms with E-state index >= 15 is 0 Å². The van der Waals surface area contributed by atoms with Gasteiger partial charge in [-0.3, -0.25) is 4.79 Å². The predicted molar refractivity (Wildman–Crippen MR) is 104 cm³/mol. The molecule has 0 saturated carbocycles. The summed E-state index contributed by atoms with van der Waals surface area (Å²) < 4.78 is 36.5. The fourth-order valence-corrected chi connectivity index (χ4v) is 3.22. The van der Waals surface area contributed by atoms with Crippen molar-refractivity contribution in [2.24, 2.45) is 0 Å². The highest BCUT2D eigenvalue weighted by Gasteiger charge is 2.22. The molecule has 1 N–H and O–H groups in total. The lowest BCUT2D eigenvalue weighted by Crippen LogP contribution is -2.30. The molecule has 148 valence electrons. The summed E-state index contributed by atoms with van der Waals surface area (Å²) in [6.45, 7) is 1.54. The standard InChI is InChI=1S/C19H21N3O5S/c1-13(27-15-7-5-6-14(10-15)12-20)19(23)21-17-11-16(8-9-18(17)26-4)28(24,25)22(2)3/h5-11,13H,1-4H3,(H,21,23). The molecule has 0 spiro atoms. The van der Waals surface area contributed by atoms with Crippen molar-refractivity contribution < 1.29 is 22.7 Å². The van der Waals surface area contributed by atoms with E-state index < -0.39 is 22.0 Å². The first kappa shape index (κ1) is 21.2. The van der Waals surface area contributed by atoms with Crippen LogP contribution in [0.2, 0.25) is 0 Å². The smallest absolute Gasteiger partial charge is 0.265 e. The quantitative estimate of drug-likeness (QED) is 0.759. The van der Waals surface area contributed by atoms with Crippen molar-refractivity contribution in [3.05, 3.63) is 48.0 Å². The van der Waals surface area contributed by atoms with Crippen LogP contribution in [0.25, 0.3) is 0 Å². The molecule has 0 heterocycles. The van der Waals surface area contributed by atoms with Gasteiger partial charge in [-0.1, -0.05) is 6.07 Å². The minimum Gasteiger partial charge on any atom is -0.495 e. The van der Waals surface area contributed by atoms with Gasteiger partial charge in [-0.05, 0) is 43.3 Å². The van der Waals surface area contributed by atoms with Crippen molar-refractivity contribution in [3.8, 4) is 17.6 Å². The molecular formula is C19H21N3O5S. The lowest BCUT2D eigenvalue weighted by atomic mass is 10.2. The van der Waals surface area contributed by atoms with Crippen LogP contribution >= 0.6 is 0 Å². The summed E-state index contributed by atoms with van der Waals surface area (Å²) in [5, 5.41) is 11.6. The van der Waals surface area contributed by atoms with Gasteiger partial charge in [-0.25, -0.2) is 12.7 Å². The molecule has 0 fully saturated rings. The minimum atomic E-state index is -3.67. The Balaban J connectivity index is 2.23. The first-order valence-electron chi connectivity index (χ1n) is 8.27. The Morgan fingerprint density at radius 1 is 1.21 bits per heavy atom. The number of amides is 1. The van der Waals surface area contributed by atoms with Gasteiger partial charge >= 0.3 is 0 Å². The molecule has 0 aliphatic rings. The van der Waals surface area contributed by atoms with Crippen molar-refractivity contribution in [1.82, 2.24) is 4.31 Å². The molecule has 8 nitrogen and oxygen atoms in total. The number of nitrogens with zero attached hydrogens (tertiary/aromatic N) is 2. The molecule has 0 aliphatic heterocycles. The highest BCUT2D eigenvalue weighted by molar-refractivity contribution is 7.89. The van der Waals surface area contributed by atoms with Crippen molar-refractivity contribution in [1.29, 1.82) is 5.26 Å². The summed E-state index contributed by atoms with van der Waals surface area (Å²) >= 11 is 0. The number of sulfonamides is 1. The first-order valence-corrected chi connectivity index (χ1v) is 9.71. The first-order chi connectivity index (χ1) is 13.2. The Kier molecular flexibility index (Phi) is 6.62. The van der Waals surface area contributed by atoms with Gasteiger partial charge in [0.1, 0.15) is 11.5 Å². The monoisotopic (exact) mass is 403 g/mol. The van der Waals surface area contributed by atoms with E-state index in [4.69, 9.17) is 14.7 Å². The summed E-state index contributed by atoms with van der Waals surface area (Å²) in [5.41, 5.74) is 0.616. The van der Waals surface area contributed by atoms with Crippen LogP contribution in [0.4, 0.5) is 5.69 Å². The van der Waals surface area contributed by atoms with Gasteiger partial charge in [-0.2, -0.15) is 5.26 Å². The molecule has 28 heavy (non-hydrogen) atoms. The van der Waals surface area contributed by atoms with Crippen molar-refractivity contribution in [2.75, 3.05) is 26.5 Å². The topological polar surface area (TPSA) is 109 Å². The van der Waals surface area contributed by atoms with E-state index in [1.165, 1.54) is 45.5 Å². The molecule has 0 bridgehead atoms. The lowest BCUT2D eigenvalue weighted by Gasteiger charge is -2.18. The second kappa shape index (κ2) is 8.73. The van der Waals surface area contributed by atoms with Gasteiger partial charge in [0.2, 0.25) is 10.0 Å². The number of anilines is 1. The van der Waals surface area contributed by atoms with Gasteiger partial charge in [-0.15, -0.1) is 0 Å². The van der Waals surface area contributed by atoms with Gasteiger partial charge in [0.15, 0.2) is 6.10 Å². The number of methoxy groups -OCH3 is 1. The third-order valence-electron chi connectivity index (χ3n) is 3.85. The van der Waals surface area contributed by atoms with Crippen LogP contribution in [-0.4, -0.2) is 45.9 Å². The number of ether oxygens (including phenoxy) is 2. The van der Waals surface area contributed by atoms with Gasteiger partial charge in [0.05, 0.1) is 29.3 Å². The molecule has 2 aromatic rings. The van der Waals surface area contributed by atoms with E-state index in [9.17, 15) is 13.2 Å². The third kappa shape index (κ3) is 4.79. The maximum Gasteiger partial charge on any atom is 0.265 e. The largest absolute Gasteiger partial charge is 0.495 e. The maximum absolute atomic E-state index is 12.5. The highest BCUT2D eigenvalue weighted by Crippen LogP contribution is 2.28. The average Bonchev–Trinajstić information content (AvgIpc) is 2.67. The molecule has 1 amide bonds. The average molecular weight is 403 g/mol. The molecule has 0 saturated heterocycles. The summed E-state index contributed by atoms with van der Waals surface area (Å²) in [6.07, 6.45) is -0.896. The molecule has 0 aliphatic carbocycles.